The Hall–Kier alpha value is -2.48. The molecular weight excluding hydrogens is 410 g/mol. The molecule has 0 spiro atoms. The van der Waals surface area contributed by atoms with Crippen LogP contribution < -0.4 is 10.2 Å². The lowest BCUT2D eigenvalue weighted by atomic mass is 9.95. The molecule has 0 bridgehead atoms. The lowest BCUT2D eigenvalue weighted by Crippen LogP contribution is -2.56. The van der Waals surface area contributed by atoms with Crippen LogP contribution in [-0.2, 0) is 13.1 Å². The van der Waals surface area contributed by atoms with E-state index in [9.17, 15) is 0 Å². The molecule has 0 saturated carbocycles. The van der Waals surface area contributed by atoms with Gasteiger partial charge in [-0.3, -0.25) is 9.47 Å². The van der Waals surface area contributed by atoms with Crippen molar-refractivity contribution in [1.82, 2.24) is 30.0 Å². The van der Waals surface area contributed by atoms with Crippen molar-refractivity contribution in [3.63, 3.8) is 0 Å². The van der Waals surface area contributed by atoms with Crippen LogP contribution in [0.5, 0.6) is 0 Å². The molecule has 0 atom stereocenters. The highest BCUT2D eigenvalue weighted by Gasteiger charge is 2.33. The summed E-state index contributed by atoms with van der Waals surface area (Å²) in [5.74, 6) is 3.58. The molecule has 0 aliphatic carbocycles. The lowest BCUT2D eigenvalue weighted by Gasteiger charge is -2.37. The summed E-state index contributed by atoms with van der Waals surface area (Å²) in [5.41, 5.74) is 2.44. The van der Waals surface area contributed by atoms with E-state index >= 15 is 0 Å². The highest BCUT2D eigenvalue weighted by atomic mass is 35.5. The van der Waals surface area contributed by atoms with Gasteiger partial charge in [0.1, 0.15) is 11.6 Å². The highest BCUT2D eigenvalue weighted by Crippen LogP contribution is 2.34. The van der Waals surface area contributed by atoms with E-state index in [1.165, 1.54) is 11.3 Å². The third kappa shape index (κ3) is 3.50. The Morgan fingerprint density at radius 3 is 2.61 bits per heavy atom. The van der Waals surface area contributed by atoms with Crippen molar-refractivity contribution in [2.24, 2.45) is 0 Å². The molecule has 0 unspecified atom stereocenters. The van der Waals surface area contributed by atoms with E-state index < -0.39 is 0 Å². The van der Waals surface area contributed by atoms with Crippen molar-refractivity contribution in [2.75, 3.05) is 31.1 Å². The first-order valence-corrected chi connectivity index (χ1v) is 11.5. The summed E-state index contributed by atoms with van der Waals surface area (Å²) in [4.78, 5) is 9.40. The second-order valence-corrected chi connectivity index (χ2v) is 9.19. The van der Waals surface area contributed by atoms with Crippen molar-refractivity contribution in [2.45, 2.75) is 37.9 Å². The molecule has 2 aromatic heterocycles. The Labute approximate surface area is 187 Å². The number of nitrogens with zero attached hydrogens (tertiary/aromatic N) is 6. The van der Waals surface area contributed by atoms with Crippen LogP contribution in [0.1, 0.15) is 36.0 Å². The van der Waals surface area contributed by atoms with Gasteiger partial charge >= 0.3 is 0 Å². The number of halogens is 1. The summed E-state index contributed by atoms with van der Waals surface area (Å²) < 4.78 is 2.32. The molecule has 6 rings (SSSR count). The first-order valence-electron chi connectivity index (χ1n) is 11.1. The summed E-state index contributed by atoms with van der Waals surface area (Å²) in [6, 6.07) is 12.9. The highest BCUT2D eigenvalue weighted by molar-refractivity contribution is 6.30. The zero-order valence-corrected chi connectivity index (χ0v) is 18.2. The van der Waals surface area contributed by atoms with Crippen LogP contribution in [0.3, 0.4) is 0 Å². The average Bonchev–Trinajstić information content (AvgIpc) is 3.10. The van der Waals surface area contributed by atoms with E-state index in [4.69, 9.17) is 16.7 Å². The number of hydrogen-bond donors (Lipinski definition) is 1. The summed E-state index contributed by atoms with van der Waals surface area (Å²) in [5, 5.41) is 13.6. The number of rotatable bonds is 3. The van der Waals surface area contributed by atoms with Gasteiger partial charge in [-0.1, -0.05) is 17.7 Å². The first kappa shape index (κ1) is 19.2. The second kappa shape index (κ2) is 7.89. The van der Waals surface area contributed by atoms with Gasteiger partial charge in [-0.15, -0.1) is 10.2 Å². The molecule has 7 nitrogen and oxygen atoms in total. The number of piperidine rings is 1. The molecule has 2 fully saturated rings. The monoisotopic (exact) mass is 435 g/mol. The molecule has 3 aliphatic heterocycles. The molecule has 0 amide bonds. The van der Waals surface area contributed by atoms with E-state index in [1.807, 2.05) is 18.3 Å². The second-order valence-electron chi connectivity index (χ2n) is 8.75. The van der Waals surface area contributed by atoms with Crippen molar-refractivity contribution in [3.05, 3.63) is 64.8 Å². The van der Waals surface area contributed by atoms with Gasteiger partial charge in [-0.25, -0.2) is 4.98 Å². The van der Waals surface area contributed by atoms with Crippen LogP contribution >= 0.6 is 11.6 Å². The van der Waals surface area contributed by atoms with Crippen LogP contribution in [0.15, 0.2) is 42.6 Å². The number of pyridine rings is 1. The normalized spacial score (nSPS) is 20.1. The molecule has 3 aliphatic rings. The van der Waals surface area contributed by atoms with Gasteiger partial charge in [0, 0.05) is 55.9 Å². The summed E-state index contributed by atoms with van der Waals surface area (Å²) in [6.07, 6.45) is 3.97. The quantitative estimate of drug-likeness (QED) is 0.682. The SMILES string of the molecule is Clc1ccc2c(c1)CN(C1CNC1)Cc1nnc(C3CCN(c4ccccn4)CC3)n1-2. The molecule has 0 radical (unpaired) electrons. The third-order valence-corrected chi connectivity index (χ3v) is 7.10. The van der Waals surface area contributed by atoms with E-state index in [0.717, 1.165) is 74.6 Å². The first-order chi connectivity index (χ1) is 15.3. The Kier molecular flexibility index (Phi) is 4.89. The minimum Gasteiger partial charge on any atom is -0.357 e. The van der Waals surface area contributed by atoms with Gasteiger partial charge in [-0.05, 0) is 48.7 Å². The van der Waals surface area contributed by atoms with Gasteiger partial charge in [0.05, 0.1) is 12.2 Å². The Morgan fingerprint density at radius 2 is 1.87 bits per heavy atom. The van der Waals surface area contributed by atoms with Crippen molar-refractivity contribution in [3.8, 4) is 5.69 Å². The molecule has 1 aromatic carbocycles. The van der Waals surface area contributed by atoms with Crippen LogP contribution in [0.25, 0.3) is 5.69 Å². The zero-order valence-electron chi connectivity index (χ0n) is 17.4. The summed E-state index contributed by atoms with van der Waals surface area (Å²) in [6.45, 7) is 5.74. The molecular formula is C23H26ClN7. The number of anilines is 1. The van der Waals surface area contributed by atoms with E-state index in [-0.39, 0.29) is 0 Å². The number of benzene rings is 1. The minimum absolute atomic E-state index is 0.390. The fraction of sp³-hybridized carbons (Fsp3) is 0.435. The smallest absolute Gasteiger partial charge is 0.151 e. The van der Waals surface area contributed by atoms with Gasteiger partial charge in [0.2, 0.25) is 0 Å². The predicted molar refractivity (Wildman–Crippen MR) is 121 cm³/mol. The van der Waals surface area contributed by atoms with Crippen LogP contribution in [-0.4, -0.2) is 56.9 Å². The Morgan fingerprint density at radius 1 is 1.00 bits per heavy atom. The zero-order chi connectivity index (χ0) is 20.8. The molecule has 160 valence electrons. The van der Waals surface area contributed by atoms with E-state index in [2.05, 4.69) is 54.0 Å². The van der Waals surface area contributed by atoms with E-state index in [1.54, 1.807) is 0 Å². The van der Waals surface area contributed by atoms with E-state index in [0.29, 0.717) is 12.0 Å². The van der Waals surface area contributed by atoms with Crippen molar-refractivity contribution in [1.29, 1.82) is 0 Å². The van der Waals surface area contributed by atoms with Crippen molar-refractivity contribution < 1.29 is 0 Å². The predicted octanol–water partition coefficient (Wildman–Crippen LogP) is 2.99. The maximum atomic E-state index is 6.39. The topological polar surface area (TPSA) is 62.1 Å². The van der Waals surface area contributed by atoms with Crippen LogP contribution in [0, 0.1) is 0 Å². The van der Waals surface area contributed by atoms with Gasteiger partial charge in [0.15, 0.2) is 5.82 Å². The summed E-state index contributed by atoms with van der Waals surface area (Å²) >= 11 is 6.39. The number of nitrogens with one attached hydrogen (secondary N) is 1. The number of aromatic nitrogens is 4. The fourth-order valence-corrected chi connectivity index (χ4v) is 5.21. The van der Waals surface area contributed by atoms with Gasteiger partial charge in [0.25, 0.3) is 0 Å². The third-order valence-electron chi connectivity index (χ3n) is 6.87. The summed E-state index contributed by atoms with van der Waals surface area (Å²) in [7, 11) is 0. The molecule has 2 saturated heterocycles. The standard InChI is InChI=1S/C23H26ClN7/c24-18-4-5-20-17(11-18)14-30(19-12-25-13-19)15-22-27-28-23(31(20)22)16-6-9-29(10-7-16)21-3-1-2-8-26-21/h1-5,8,11,16,19,25H,6-7,9-10,12-15H2. The van der Waals surface area contributed by atoms with Crippen LogP contribution in [0.4, 0.5) is 5.82 Å². The largest absolute Gasteiger partial charge is 0.357 e. The molecule has 8 heteroatoms. The van der Waals surface area contributed by atoms with Crippen molar-refractivity contribution >= 4 is 17.4 Å². The fourth-order valence-electron chi connectivity index (χ4n) is 5.01. The van der Waals surface area contributed by atoms with Gasteiger partial charge in [-0.2, -0.15) is 0 Å². The van der Waals surface area contributed by atoms with Crippen LogP contribution in [0.2, 0.25) is 5.02 Å². The maximum absolute atomic E-state index is 6.39. The number of hydrogen-bond acceptors (Lipinski definition) is 6. The molecule has 3 aromatic rings. The Bertz CT molecular complexity index is 1070. The molecule has 31 heavy (non-hydrogen) atoms. The molecule has 5 heterocycles. The lowest BCUT2D eigenvalue weighted by molar-refractivity contribution is 0.128. The maximum Gasteiger partial charge on any atom is 0.151 e. The van der Waals surface area contributed by atoms with Gasteiger partial charge < -0.3 is 10.2 Å². The average molecular weight is 436 g/mol. The molecule has 1 N–H and O–H groups in total. The Balaban J connectivity index is 1.31. The number of fused-ring (bicyclic) bond motifs is 3. The minimum atomic E-state index is 0.390.